The minimum atomic E-state index is -0.228. The van der Waals surface area contributed by atoms with E-state index in [0.717, 1.165) is 11.4 Å². The fourth-order valence-corrected chi connectivity index (χ4v) is 2.74. The number of amides is 2. The summed E-state index contributed by atoms with van der Waals surface area (Å²) in [6.07, 6.45) is 2.75. The van der Waals surface area contributed by atoms with Crippen molar-refractivity contribution in [2.75, 3.05) is 36.6 Å². The van der Waals surface area contributed by atoms with Crippen molar-refractivity contribution in [3.8, 4) is 0 Å². The summed E-state index contributed by atoms with van der Waals surface area (Å²) in [5, 5.41) is 0. The van der Waals surface area contributed by atoms with E-state index < -0.39 is 0 Å². The summed E-state index contributed by atoms with van der Waals surface area (Å²) in [6, 6.07) is 7.53. The Morgan fingerprint density at radius 1 is 1.39 bits per heavy atom. The molecule has 1 atom stereocenters. The van der Waals surface area contributed by atoms with E-state index in [1.807, 2.05) is 31.2 Å². The Morgan fingerprint density at radius 3 is 2.78 bits per heavy atom. The monoisotopic (exact) mass is 316 g/mol. The van der Waals surface area contributed by atoms with E-state index in [-0.39, 0.29) is 17.7 Å². The molecule has 0 fully saturated rings. The molecule has 0 saturated carbocycles. The Hall–Kier alpha value is -2.14. The van der Waals surface area contributed by atoms with Gasteiger partial charge in [0.05, 0.1) is 23.9 Å². The number of hydrogen-bond donors (Lipinski definition) is 0. The summed E-state index contributed by atoms with van der Waals surface area (Å²) in [7, 11) is 1.76. The van der Waals surface area contributed by atoms with E-state index in [0.29, 0.717) is 32.6 Å². The van der Waals surface area contributed by atoms with Gasteiger partial charge in [-0.3, -0.25) is 9.59 Å². The zero-order valence-corrected chi connectivity index (χ0v) is 13.8. The predicted molar refractivity (Wildman–Crippen MR) is 91.6 cm³/mol. The maximum atomic E-state index is 12.6. The molecule has 1 aliphatic rings. The van der Waals surface area contributed by atoms with Gasteiger partial charge in [-0.15, -0.1) is 6.58 Å². The molecule has 2 rings (SSSR count). The average molecular weight is 316 g/mol. The van der Waals surface area contributed by atoms with Crippen molar-refractivity contribution in [3.63, 3.8) is 0 Å². The van der Waals surface area contributed by atoms with Crippen molar-refractivity contribution in [3.05, 3.63) is 36.9 Å². The number of nitrogens with zero attached hydrogens (tertiary/aromatic N) is 2. The average Bonchev–Trinajstić information content (AvgIpc) is 2.66. The first-order chi connectivity index (χ1) is 11.1. The highest BCUT2D eigenvalue weighted by atomic mass is 16.5. The number of anilines is 2. The third-order valence-corrected chi connectivity index (χ3v) is 3.96. The number of fused-ring (bicyclic) bond motifs is 1. The van der Waals surface area contributed by atoms with Crippen LogP contribution in [0.2, 0.25) is 0 Å². The summed E-state index contributed by atoms with van der Waals surface area (Å²) in [4.78, 5) is 28.4. The molecule has 5 nitrogen and oxygen atoms in total. The van der Waals surface area contributed by atoms with Crippen molar-refractivity contribution in [2.24, 2.45) is 5.92 Å². The molecule has 0 N–H and O–H groups in total. The van der Waals surface area contributed by atoms with Gasteiger partial charge in [0.15, 0.2) is 0 Å². The number of carbonyl (C=O) groups is 2. The van der Waals surface area contributed by atoms with Gasteiger partial charge < -0.3 is 14.5 Å². The predicted octanol–water partition coefficient (Wildman–Crippen LogP) is 2.61. The topological polar surface area (TPSA) is 49.9 Å². The summed E-state index contributed by atoms with van der Waals surface area (Å²) in [6.45, 7) is 6.88. The van der Waals surface area contributed by atoms with Crippen molar-refractivity contribution < 1.29 is 14.3 Å². The molecule has 2 amide bonds. The first-order valence-electron chi connectivity index (χ1n) is 7.92. The van der Waals surface area contributed by atoms with Crippen LogP contribution in [-0.4, -0.2) is 38.6 Å². The zero-order chi connectivity index (χ0) is 16.8. The molecule has 0 saturated heterocycles. The first-order valence-corrected chi connectivity index (χ1v) is 7.92. The lowest BCUT2D eigenvalue weighted by atomic mass is 10.1. The molecule has 0 aliphatic carbocycles. The second kappa shape index (κ2) is 7.92. The third kappa shape index (κ3) is 3.99. The van der Waals surface area contributed by atoms with E-state index in [1.165, 1.54) is 0 Å². The maximum Gasteiger partial charge on any atom is 0.231 e. The van der Waals surface area contributed by atoms with Gasteiger partial charge in [0, 0.05) is 26.6 Å². The van der Waals surface area contributed by atoms with Crippen LogP contribution in [0, 0.1) is 5.92 Å². The third-order valence-electron chi connectivity index (χ3n) is 3.96. The number of hydrogen-bond acceptors (Lipinski definition) is 3. The Kier molecular flexibility index (Phi) is 5.93. The molecule has 1 aromatic rings. The van der Waals surface area contributed by atoms with E-state index in [9.17, 15) is 9.59 Å². The smallest absolute Gasteiger partial charge is 0.231 e. The lowest BCUT2D eigenvalue weighted by molar-refractivity contribution is -0.121. The summed E-state index contributed by atoms with van der Waals surface area (Å²) < 4.78 is 5.32. The normalized spacial score (nSPS) is 17.7. The van der Waals surface area contributed by atoms with Crippen LogP contribution in [0.5, 0.6) is 0 Å². The highest BCUT2D eigenvalue weighted by Gasteiger charge is 2.31. The first kappa shape index (κ1) is 17.2. The minimum absolute atomic E-state index is 0.0228. The lowest BCUT2D eigenvalue weighted by Crippen LogP contribution is -2.37. The largest absolute Gasteiger partial charge is 0.377 e. The van der Waals surface area contributed by atoms with Gasteiger partial charge in [0.2, 0.25) is 11.8 Å². The van der Waals surface area contributed by atoms with Crippen LogP contribution in [0.25, 0.3) is 0 Å². The molecule has 0 aromatic heterocycles. The summed E-state index contributed by atoms with van der Waals surface area (Å²) >= 11 is 0. The number of benzene rings is 1. The Labute approximate surface area is 137 Å². The minimum Gasteiger partial charge on any atom is -0.377 e. The van der Waals surface area contributed by atoms with Crippen LogP contribution in [-0.2, 0) is 14.3 Å². The van der Waals surface area contributed by atoms with Gasteiger partial charge in [0.25, 0.3) is 0 Å². The van der Waals surface area contributed by atoms with Gasteiger partial charge in [-0.2, -0.15) is 0 Å². The molecular weight excluding hydrogens is 292 g/mol. The molecule has 1 aliphatic heterocycles. The van der Waals surface area contributed by atoms with Gasteiger partial charge in [-0.05, 0) is 18.6 Å². The van der Waals surface area contributed by atoms with Crippen LogP contribution in [0.15, 0.2) is 36.9 Å². The van der Waals surface area contributed by atoms with E-state index >= 15 is 0 Å². The number of carbonyl (C=O) groups excluding carboxylic acids is 2. The molecule has 1 heterocycles. The second-order valence-electron chi connectivity index (χ2n) is 5.76. The molecule has 124 valence electrons. The zero-order valence-electron chi connectivity index (χ0n) is 13.8. The van der Waals surface area contributed by atoms with Crippen LogP contribution in [0.4, 0.5) is 11.4 Å². The summed E-state index contributed by atoms with van der Waals surface area (Å²) in [5.41, 5.74) is 1.57. The molecule has 1 aromatic carbocycles. The number of ether oxygens (including phenoxy) is 1. The number of rotatable bonds is 6. The Bertz CT molecular complexity index is 585. The Balaban J connectivity index is 2.13. The van der Waals surface area contributed by atoms with Crippen molar-refractivity contribution in [1.82, 2.24) is 0 Å². The Morgan fingerprint density at radius 2 is 2.09 bits per heavy atom. The van der Waals surface area contributed by atoms with Crippen LogP contribution >= 0.6 is 0 Å². The maximum absolute atomic E-state index is 12.6. The van der Waals surface area contributed by atoms with Gasteiger partial charge in [-0.1, -0.05) is 25.1 Å². The SMILES string of the molecule is C=CCOCCCC(=O)N1C[C@@H](C)C(=O)N(C)c2ccccc21. The highest BCUT2D eigenvalue weighted by Crippen LogP contribution is 2.33. The number of para-hydroxylation sites is 2. The van der Waals surface area contributed by atoms with E-state index in [2.05, 4.69) is 6.58 Å². The molecule has 0 bridgehead atoms. The van der Waals surface area contributed by atoms with Gasteiger partial charge >= 0.3 is 0 Å². The van der Waals surface area contributed by atoms with E-state index in [1.54, 1.807) is 22.9 Å². The van der Waals surface area contributed by atoms with Crippen LogP contribution < -0.4 is 9.80 Å². The highest BCUT2D eigenvalue weighted by molar-refractivity contribution is 6.05. The van der Waals surface area contributed by atoms with Crippen molar-refractivity contribution in [2.45, 2.75) is 19.8 Å². The van der Waals surface area contributed by atoms with Gasteiger partial charge in [0.1, 0.15) is 0 Å². The van der Waals surface area contributed by atoms with Crippen LogP contribution in [0.1, 0.15) is 19.8 Å². The lowest BCUT2D eigenvalue weighted by Gasteiger charge is -2.24. The molecule has 0 unspecified atom stereocenters. The van der Waals surface area contributed by atoms with Gasteiger partial charge in [-0.25, -0.2) is 0 Å². The molecule has 5 heteroatoms. The van der Waals surface area contributed by atoms with Crippen LogP contribution in [0.3, 0.4) is 0 Å². The second-order valence-corrected chi connectivity index (χ2v) is 5.76. The molecular formula is C18H24N2O3. The molecule has 0 spiro atoms. The summed E-state index contributed by atoms with van der Waals surface area (Å²) in [5.74, 6) is -0.176. The fraction of sp³-hybridized carbons (Fsp3) is 0.444. The molecule has 23 heavy (non-hydrogen) atoms. The van der Waals surface area contributed by atoms with E-state index in [4.69, 9.17) is 4.74 Å². The van der Waals surface area contributed by atoms with Crippen molar-refractivity contribution >= 4 is 23.2 Å². The fourth-order valence-electron chi connectivity index (χ4n) is 2.74. The quantitative estimate of drug-likeness (QED) is 0.599. The molecule has 0 radical (unpaired) electrons. The van der Waals surface area contributed by atoms with Crippen molar-refractivity contribution in [1.29, 1.82) is 0 Å². The standard InChI is InChI=1S/C18H24N2O3/c1-4-11-23-12-7-10-17(21)20-13-14(2)18(22)19(3)15-8-5-6-9-16(15)20/h4-6,8-9,14H,1,7,10-13H2,2-3H3/t14-/m1/s1.